The zero-order valence-corrected chi connectivity index (χ0v) is 12.6. The second-order valence-corrected chi connectivity index (χ2v) is 7.65. The molecule has 0 aromatic carbocycles. The third-order valence-electron chi connectivity index (χ3n) is 3.71. The summed E-state index contributed by atoms with van der Waals surface area (Å²) < 4.78 is 0. The SMILES string of the molecule is CC(C)(C)Nc1n[nH]c2c1CCCC2C(C)(C)C. The van der Waals surface area contributed by atoms with Gasteiger partial charge in [0, 0.05) is 22.7 Å². The number of nitrogens with one attached hydrogen (secondary N) is 2. The summed E-state index contributed by atoms with van der Waals surface area (Å²) in [7, 11) is 0. The van der Waals surface area contributed by atoms with E-state index >= 15 is 0 Å². The Bertz CT molecular complexity index is 418. The smallest absolute Gasteiger partial charge is 0.151 e. The molecule has 0 fully saturated rings. The van der Waals surface area contributed by atoms with Crippen LogP contribution in [0.1, 0.15) is 71.6 Å². The van der Waals surface area contributed by atoms with Gasteiger partial charge in [0.25, 0.3) is 0 Å². The van der Waals surface area contributed by atoms with Crippen molar-refractivity contribution in [3.05, 3.63) is 11.3 Å². The Labute approximate surface area is 111 Å². The van der Waals surface area contributed by atoms with Crippen LogP contribution in [0.25, 0.3) is 0 Å². The Hall–Kier alpha value is -0.990. The molecule has 0 saturated heterocycles. The summed E-state index contributed by atoms with van der Waals surface area (Å²) in [5, 5.41) is 11.3. The number of fused-ring (bicyclic) bond motifs is 1. The minimum atomic E-state index is 0.0671. The molecular weight excluding hydrogens is 222 g/mol. The van der Waals surface area contributed by atoms with E-state index in [2.05, 4.69) is 57.1 Å². The lowest BCUT2D eigenvalue weighted by Gasteiger charge is -2.33. The zero-order valence-electron chi connectivity index (χ0n) is 12.6. The summed E-state index contributed by atoms with van der Waals surface area (Å²) in [4.78, 5) is 0. The van der Waals surface area contributed by atoms with Gasteiger partial charge in [-0.2, -0.15) is 5.10 Å². The standard InChI is InChI=1S/C15H27N3/c1-14(2,3)11-9-7-8-10-12(11)17-18-13(10)16-15(4,5)6/h11H,7-9H2,1-6H3,(H2,16,17,18). The van der Waals surface area contributed by atoms with Crippen molar-refractivity contribution in [3.63, 3.8) is 0 Å². The number of H-pyrrole nitrogens is 1. The van der Waals surface area contributed by atoms with Crippen molar-refractivity contribution in [2.75, 3.05) is 5.32 Å². The van der Waals surface area contributed by atoms with Crippen LogP contribution >= 0.6 is 0 Å². The fraction of sp³-hybridized carbons (Fsp3) is 0.800. The van der Waals surface area contributed by atoms with Gasteiger partial charge in [0.1, 0.15) is 0 Å². The van der Waals surface area contributed by atoms with E-state index in [1.165, 1.54) is 24.1 Å². The maximum absolute atomic E-state index is 4.51. The maximum Gasteiger partial charge on any atom is 0.151 e. The van der Waals surface area contributed by atoms with Gasteiger partial charge in [-0.05, 0) is 45.4 Å². The molecule has 1 aliphatic rings. The van der Waals surface area contributed by atoms with Gasteiger partial charge in [0.15, 0.2) is 5.82 Å². The molecule has 0 bridgehead atoms. The van der Waals surface area contributed by atoms with Crippen molar-refractivity contribution in [1.82, 2.24) is 10.2 Å². The number of rotatable bonds is 1. The average molecular weight is 249 g/mol. The van der Waals surface area contributed by atoms with Crippen LogP contribution in [0.4, 0.5) is 5.82 Å². The molecule has 1 heterocycles. The molecular formula is C15H27N3. The lowest BCUT2D eigenvalue weighted by Crippen LogP contribution is -2.27. The highest BCUT2D eigenvalue weighted by Crippen LogP contribution is 2.44. The number of aromatic nitrogens is 2. The molecule has 2 rings (SSSR count). The first-order valence-corrected chi connectivity index (χ1v) is 7.04. The van der Waals surface area contributed by atoms with Crippen molar-refractivity contribution in [1.29, 1.82) is 0 Å². The molecule has 1 unspecified atom stereocenters. The van der Waals surface area contributed by atoms with Gasteiger partial charge >= 0.3 is 0 Å². The van der Waals surface area contributed by atoms with Gasteiger partial charge in [-0.3, -0.25) is 5.10 Å². The van der Waals surface area contributed by atoms with Gasteiger partial charge in [-0.1, -0.05) is 20.8 Å². The highest BCUT2D eigenvalue weighted by molar-refractivity contribution is 5.50. The van der Waals surface area contributed by atoms with Crippen molar-refractivity contribution in [2.45, 2.75) is 72.3 Å². The number of aromatic amines is 1. The molecule has 0 spiro atoms. The first-order valence-electron chi connectivity index (χ1n) is 7.04. The predicted molar refractivity (Wildman–Crippen MR) is 77.1 cm³/mol. The van der Waals surface area contributed by atoms with Crippen LogP contribution in [0.2, 0.25) is 0 Å². The van der Waals surface area contributed by atoms with E-state index < -0.39 is 0 Å². The largest absolute Gasteiger partial charge is 0.364 e. The molecule has 0 radical (unpaired) electrons. The van der Waals surface area contributed by atoms with Crippen molar-refractivity contribution in [2.24, 2.45) is 5.41 Å². The summed E-state index contributed by atoms with van der Waals surface area (Å²) in [6.07, 6.45) is 3.69. The zero-order chi connectivity index (χ0) is 13.6. The van der Waals surface area contributed by atoms with Crippen LogP contribution in [0, 0.1) is 5.41 Å². The van der Waals surface area contributed by atoms with E-state index in [4.69, 9.17) is 0 Å². The van der Waals surface area contributed by atoms with Gasteiger partial charge < -0.3 is 5.32 Å². The Morgan fingerprint density at radius 2 is 1.83 bits per heavy atom. The summed E-state index contributed by atoms with van der Waals surface area (Å²) in [5.74, 6) is 1.66. The molecule has 1 atom stereocenters. The first kappa shape index (κ1) is 13.4. The van der Waals surface area contributed by atoms with E-state index in [0.717, 1.165) is 12.2 Å². The number of anilines is 1. The van der Waals surface area contributed by atoms with Crippen LogP contribution in [-0.2, 0) is 6.42 Å². The highest BCUT2D eigenvalue weighted by atomic mass is 15.2. The predicted octanol–water partition coefficient (Wildman–Crippen LogP) is 4.09. The van der Waals surface area contributed by atoms with Crippen molar-refractivity contribution < 1.29 is 0 Å². The molecule has 18 heavy (non-hydrogen) atoms. The topological polar surface area (TPSA) is 40.7 Å². The fourth-order valence-electron chi connectivity index (χ4n) is 2.87. The second kappa shape index (κ2) is 4.29. The van der Waals surface area contributed by atoms with Crippen LogP contribution in [0.15, 0.2) is 0 Å². The Morgan fingerprint density at radius 3 is 2.39 bits per heavy atom. The van der Waals surface area contributed by atoms with E-state index in [1.807, 2.05) is 0 Å². The molecule has 2 N–H and O–H groups in total. The van der Waals surface area contributed by atoms with E-state index in [1.54, 1.807) is 0 Å². The Morgan fingerprint density at radius 1 is 1.17 bits per heavy atom. The average Bonchev–Trinajstić information content (AvgIpc) is 2.57. The molecule has 0 aliphatic heterocycles. The molecule has 0 amide bonds. The monoisotopic (exact) mass is 249 g/mol. The molecule has 0 saturated carbocycles. The van der Waals surface area contributed by atoms with Crippen molar-refractivity contribution >= 4 is 5.82 Å². The molecule has 1 aromatic rings. The summed E-state index contributed by atoms with van der Waals surface area (Å²) in [6, 6.07) is 0. The maximum atomic E-state index is 4.51. The summed E-state index contributed by atoms with van der Waals surface area (Å²) in [5.41, 5.74) is 3.15. The van der Waals surface area contributed by atoms with Crippen molar-refractivity contribution in [3.8, 4) is 0 Å². The summed E-state index contributed by atoms with van der Waals surface area (Å²) in [6.45, 7) is 13.5. The molecule has 1 aromatic heterocycles. The molecule has 3 nitrogen and oxygen atoms in total. The number of hydrogen-bond donors (Lipinski definition) is 2. The third-order valence-corrected chi connectivity index (χ3v) is 3.71. The van der Waals surface area contributed by atoms with Crippen LogP contribution in [0.5, 0.6) is 0 Å². The van der Waals surface area contributed by atoms with E-state index in [9.17, 15) is 0 Å². The summed E-state index contributed by atoms with van der Waals surface area (Å²) >= 11 is 0. The minimum Gasteiger partial charge on any atom is -0.364 e. The quantitative estimate of drug-likeness (QED) is 0.787. The number of hydrogen-bond acceptors (Lipinski definition) is 2. The van der Waals surface area contributed by atoms with Gasteiger partial charge in [-0.15, -0.1) is 0 Å². The Balaban J connectivity index is 2.32. The van der Waals surface area contributed by atoms with E-state index in [0.29, 0.717) is 11.3 Å². The van der Waals surface area contributed by atoms with Crippen LogP contribution in [0.3, 0.4) is 0 Å². The van der Waals surface area contributed by atoms with Crippen LogP contribution < -0.4 is 5.32 Å². The molecule has 102 valence electrons. The van der Waals surface area contributed by atoms with Gasteiger partial charge in [0.2, 0.25) is 0 Å². The lowest BCUT2D eigenvalue weighted by atomic mass is 9.72. The second-order valence-electron chi connectivity index (χ2n) is 7.65. The first-order chi connectivity index (χ1) is 8.18. The highest BCUT2D eigenvalue weighted by Gasteiger charge is 2.33. The molecule has 1 aliphatic carbocycles. The Kier molecular flexibility index (Phi) is 3.20. The fourth-order valence-corrected chi connectivity index (χ4v) is 2.87. The third kappa shape index (κ3) is 2.70. The normalized spacial score (nSPS) is 20.7. The number of nitrogens with zero attached hydrogens (tertiary/aromatic N) is 1. The molecule has 3 heteroatoms. The minimum absolute atomic E-state index is 0.0671. The van der Waals surface area contributed by atoms with Gasteiger partial charge in [0.05, 0.1) is 0 Å². The van der Waals surface area contributed by atoms with Crippen LogP contribution in [-0.4, -0.2) is 15.7 Å². The van der Waals surface area contributed by atoms with Gasteiger partial charge in [-0.25, -0.2) is 0 Å². The van der Waals surface area contributed by atoms with E-state index in [-0.39, 0.29) is 5.54 Å². The lowest BCUT2D eigenvalue weighted by molar-refractivity contribution is 0.284.